The third-order valence-corrected chi connectivity index (χ3v) is 2.86. The van der Waals surface area contributed by atoms with Gasteiger partial charge in [-0.15, -0.1) is 0 Å². The lowest BCUT2D eigenvalue weighted by molar-refractivity contribution is 0.118. The zero-order valence-corrected chi connectivity index (χ0v) is 10.2. The molecule has 1 aromatic carbocycles. The lowest BCUT2D eigenvalue weighted by Crippen LogP contribution is -2.08. The third-order valence-electron chi connectivity index (χ3n) is 2.63. The molecule has 0 atom stereocenters. The molecule has 0 amide bonds. The molecule has 0 spiro atoms. The van der Waals surface area contributed by atoms with Gasteiger partial charge in [-0.3, -0.25) is 4.84 Å². The van der Waals surface area contributed by atoms with Crippen molar-refractivity contribution in [2.75, 3.05) is 0 Å². The molecular formula is C12H15ClN2O. The van der Waals surface area contributed by atoms with Crippen molar-refractivity contribution in [2.24, 2.45) is 5.90 Å². The molecule has 4 heteroatoms. The van der Waals surface area contributed by atoms with Gasteiger partial charge in [0, 0.05) is 27.7 Å². The number of hydrogen-bond acceptors (Lipinski definition) is 2. The van der Waals surface area contributed by atoms with Crippen LogP contribution in [0.25, 0.3) is 10.9 Å². The molecule has 1 aromatic heterocycles. The maximum atomic E-state index is 5.97. The van der Waals surface area contributed by atoms with E-state index in [0.717, 1.165) is 21.6 Å². The Labute approximate surface area is 99.7 Å². The first kappa shape index (κ1) is 11.5. The predicted octanol–water partition coefficient (Wildman–Crippen LogP) is 3.27. The molecule has 0 fully saturated rings. The smallest absolute Gasteiger partial charge is 0.108 e. The highest BCUT2D eigenvalue weighted by atomic mass is 35.5. The molecule has 0 aliphatic rings. The Bertz CT molecular complexity index is 505. The summed E-state index contributed by atoms with van der Waals surface area (Å²) in [6.07, 6.45) is 0. The molecule has 3 nitrogen and oxygen atoms in total. The Morgan fingerprint density at radius 3 is 2.75 bits per heavy atom. The molecule has 1 heterocycles. The van der Waals surface area contributed by atoms with Crippen molar-refractivity contribution in [1.29, 1.82) is 0 Å². The standard InChI is InChI=1S/C12H15ClN2O/c1-8(2)15-11(7-16-14)6-9-5-10(13)3-4-12(9)15/h3-6,8H,7,14H2,1-2H3. The fraction of sp³-hybridized carbons (Fsp3) is 0.333. The summed E-state index contributed by atoms with van der Waals surface area (Å²) in [6, 6.07) is 8.31. The number of nitrogens with zero attached hydrogens (tertiary/aromatic N) is 1. The van der Waals surface area contributed by atoms with Gasteiger partial charge < -0.3 is 4.57 Å². The van der Waals surface area contributed by atoms with Gasteiger partial charge >= 0.3 is 0 Å². The molecule has 2 aromatic rings. The zero-order chi connectivity index (χ0) is 11.7. The normalized spacial score (nSPS) is 11.6. The van der Waals surface area contributed by atoms with E-state index in [1.54, 1.807) is 0 Å². The quantitative estimate of drug-likeness (QED) is 0.834. The van der Waals surface area contributed by atoms with Crippen LogP contribution in [0.2, 0.25) is 5.02 Å². The van der Waals surface area contributed by atoms with E-state index in [-0.39, 0.29) is 0 Å². The van der Waals surface area contributed by atoms with Crippen LogP contribution >= 0.6 is 11.6 Å². The minimum Gasteiger partial charge on any atom is -0.340 e. The van der Waals surface area contributed by atoms with Crippen LogP contribution in [0, 0.1) is 0 Å². The second-order valence-electron chi connectivity index (χ2n) is 4.11. The van der Waals surface area contributed by atoms with Gasteiger partial charge in [0.05, 0.1) is 0 Å². The summed E-state index contributed by atoms with van der Waals surface area (Å²) in [7, 11) is 0. The van der Waals surface area contributed by atoms with Crippen molar-refractivity contribution >= 4 is 22.5 Å². The minimum atomic E-state index is 0.365. The fourth-order valence-corrected chi connectivity index (χ4v) is 2.25. The SMILES string of the molecule is CC(C)n1c(CON)cc2cc(Cl)ccc21. The lowest BCUT2D eigenvalue weighted by Gasteiger charge is -2.13. The van der Waals surface area contributed by atoms with Crippen molar-refractivity contribution in [2.45, 2.75) is 26.5 Å². The van der Waals surface area contributed by atoms with E-state index in [0.29, 0.717) is 12.6 Å². The van der Waals surface area contributed by atoms with Crippen molar-refractivity contribution in [1.82, 2.24) is 4.57 Å². The van der Waals surface area contributed by atoms with E-state index in [4.69, 9.17) is 22.3 Å². The first-order valence-electron chi connectivity index (χ1n) is 5.24. The number of nitrogens with two attached hydrogens (primary N) is 1. The van der Waals surface area contributed by atoms with Gasteiger partial charge in [0.2, 0.25) is 0 Å². The van der Waals surface area contributed by atoms with Gasteiger partial charge in [-0.25, -0.2) is 5.90 Å². The van der Waals surface area contributed by atoms with Gasteiger partial charge in [-0.05, 0) is 38.1 Å². The van der Waals surface area contributed by atoms with E-state index in [1.807, 2.05) is 18.2 Å². The highest BCUT2D eigenvalue weighted by molar-refractivity contribution is 6.31. The average Bonchev–Trinajstić information content (AvgIpc) is 2.55. The first-order chi connectivity index (χ1) is 7.63. The zero-order valence-electron chi connectivity index (χ0n) is 9.40. The lowest BCUT2D eigenvalue weighted by atomic mass is 10.2. The number of halogens is 1. The van der Waals surface area contributed by atoms with Crippen molar-refractivity contribution in [3.8, 4) is 0 Å². The van der Waals surface area contributed by atoms with Crippen molar-refractivity contribution < 1.29 is 4.84 Å². The number of benzene rings is 1. The molecule has 0 saturated heterocycles. The van der Waals surface area contributed by atoms with Gasteiger partial charge in [-0.1, -0.05) is 11.6 Å². The molecule has 16 heavy (non-hydrogen) atoms. The molecule has 0 bridgehead atoms. The van der Waals surface area contributed by atoms with Gasteiger partial charge in [0.15, 0.2) is 0 Å². The third kappa shape index (κ3) is 1.94. The molecule has 2 rings (SSSR count). The number of hydrogen-bond donors (Lipinski definition) is 1. The Morgan fingerprint density at radius 1 is 1.38 bits per heavy atom. The van der Waals surface area contributed by atoms with E-state index in [2.05, 4.69) is 24.5 Å². The second-order valence-corrected chi connectivity index (χ2v) is 4.55. The summed E-state index contributed by atoms with van der Waals surface area (Å²) >= 11 is 5.97. The van der Waals surface area contributed by atoms with Crippen LogP contribution < -0.4 is 5.90 Å². The molecular weight excluding hydrogens is 224 g/mol. The predicted molar refractivity (Wildman–Crippen MR) is 66.3 cm³/mol. The summed E-state index contributed by atoms with van der Waals surface area (Å²) in [6.45, 7) is 4.67. The van der Waals surface area contributed by atoms with Crippen LogP contribution in [-0.4, -0.2) is 4.57 Å². The largest absolute Gasteiger partial charge is 0.340 e. The van der Waals surface area contributed by atoms with Gasteiger partial charge in [-0.2, -0.15) is 0 Å². The number of fused-ring (bicyclic) bond motifs is 1. The fourth-order valence-electron chi connectivity index (χ4n) is 2.07. The number of aromatic nitrogens is 1. The van der Waals surface area contributed by atoms with Crippen LogP contribution in [-0.2, 0) is 11.4 Å². The number of rotatable bonds is 3. The topological polar surface area (TPSA) is 40.2 Å². The highest BCUT2D eigenvalue weighted by Crippen LogP contribution is 2.26. The first-order valence-corrected chi connectivity index (χ1v) is 5.62. The van der Waals surface area contributed by atoms with Crippen LogP contribution in [0.3, 0.4) is 0 Å². The van der Waals surface area contributed by atoms with E-state index in [1.165, 1.54) is 0 Å². The summed E-state index contributed by atoms with van der Waals surface area (Å²) in [5.74, 6) is 5.14. The van der Waals surface area contributed by atoms with Gasteiger partial charge in [0.25, 0.3) is 0 Å². The Morgan fingerprint density at radius 2 is 2.12 bits per heavy atom. The van der Waals surface area contributed by atoms with Crippen LogP contribution in [0.5, 0.6) is 0 Å². The van der Waals surface area contributed by atoms with E-state index in [9.17, 15) is 0 Å². The Balaban J connectivity index is 2.65. The van der Waals surface area contributed by atoms with Crippen LogP contribution in [0.4, 0.5) is 0 Å². The van der Waals surface area contributed by atoms with Crippen LogP contribution in [0.1, 0.15) is 25.6 Å². The summed E-state index contributed by atoms with van der Waals surface area (Å²) in [4.78, 5) is 4.72. The van der Waals surface area contributed by atoms with E-state index >= 15 is 0 Å². The minimum absolute atomic E-state index is 0.365. The Hall–Kier alpha value is -1.03. The Kier molecular flexibility index (Phi) is 3.19. The van der Waals surface area contributed by atoms with Crippen molar-refractivity contribution in [3.05, 3.63) is 35.0 Å². The summed E-state index contributed by atoms with van der Waals surface area (Å²) in [5, 5.41) is 1.86. The molecule has 0 aliphatic carbocycles. The molecule has 2 N–H and O–H groups in total. The maximum absolute atomic E-state index is 5.97. The molecule has 0 saturated carbocycles. The van der Waals surface area contributed by atoms with E-state index < -0.39 is 0 Å². The monoisotopic (exact) mass is 238 g/mol. The van der Waals surface area contributed by atoms with Gasteiger partial charge in [0.1, 0.15) is 6.61 Å². The molecule has 0 unspecified atom stereocenters. The average molecular weight is 239 g/mol. The van der Waals surface area contributed by atoms with Crippen LogP contribution in [0.15, 0.2) is 24.3 Å². The second kappa shape index (κ2) is 4.45. The maximum Gasteiger partial charge on any atom is 0.108 e. The summed E-state index contributed by atoms with van der Waals surface area (Å²) in [5.41, 5.74) is 2.22. The summed E-state index contributed by atoms with van der Waals surface area (Å²) < 4.78 is 2.21. The molecule has 86 valence electrons. The van der Waals surface area contributed by atoms with Crippen molar-refractivity contribution in [3.63, 3.8) is 0 Å². The molecule has 0 aliphatic heterocycles. The molecule has 0 radical (unpaired) electrons. The highest BCUT2D eigenvalue weighted by Gasteiger charge is 2.11.